The van der Waals surface area contributed by atoms with Gasteiger partial charge in [-0.25, -0.2) is 8.42 Å². The first kappa shape index (κ1) is 17.0. The number of hydrogen-bond donors (Lipinski definition) is 1. The summed E-state index contributed by atoms with van der Waals surface area (Å²) in [7, 11) is -3.89. The van der Waals surface area contributed by atoms with Crippen LogP contribution in [0.2, 0.25) is 15.1 Å². The Morgan fingerprint density at radius 1 is 1.21 bits per heavy atom. The topological polar surface area (TPSA) is 57.6 Å². The summed E-state index contributed by atoms with van der Waals surface area (Å²) in [6.45, 7) is 3.07. The van der Waals surface area contributed by atoms with Crippen LogP contribution in [0.4, 0.5) is 0 Å². The second-order valence-corrected chi connectivity index (χ2v) is 7.21. The van der Waals surface area contributed by atoms with Crippen LogP contribution in [0, 0.1) is 0 Å². The van der Waals surface area contributed by atoms with E-state index in [0.29, 0.717) is 0 Å². The van der Waals surface area contributed by atoms with Gasteiger partial charge < -0.3 is 5.11 Å². The second-order valence-electron chi connectivity index (χ2n) is 4.13. The lowest BCUT2D eigenvalue weighted by molar-refractivity contribution is 0.236. The molecular formula is C11H14Cl3NO3S. The Labute approximate surface area is 127 Å². The molecule has 0 fully saturated rings. The molecule has 108 valence electrons. The predicted molar refractivity (Wildman–Crippen MR) is 77.6 cm³/mol. The average Bonchev–Trinajstić information content (AvgIpc) is 2.22. The van der Waals surface area contributed by atoms with Crippen LogP contribution in [-0.4, -0.2) is 37.0 Å². The van der Waals surface area contributed by atoms with E-state index in [4.69, 9.17) is 39.9 Å². The Kier molecular flexibility index (Phi) is 5.92. The summed E-state index contributed by atoms with van der Waals surface area (Å²) in [6.07, 6.45) is 0. The van der Waals surface area contributed by atoms with E-state index in [9.17, 15) is 8.42 Å². The molecule has 0 heterocycles. The zero-order chi connectivity index (χ0) is 14.8. The molecule has 1 N–H and O–H groups in total. The van der Waals surface area contributed by atoms with Crippen LogP contribution in [0.3, 0.4) is 0 Å². The zero-order valence-electron chi connectivity index (χ0n) is 10.4. The summed E-state index contributed by atoms with van der Waals surface area (Å²) in [5, 5.41) is 9.16. The molecule has 1 aromatic rings. The van der Waals surface area contributed by atoms with Crippen molar-refractivity contribution in [1.82, 2.24) is 4.31 Å². The van der Waals surface area contributed by atoms with Crippen LogP contribution in [-0.2, 0) is 10.0 Å². The van der Waals surface area contributed by atoms with E-state index in [0.717, 1.165) is 4.31 Å². The first-order valence-electron chi connectivity index (χ1n) is 5.49. The number of aliphatic hydroxyl groups excluding tert-OH is 1. The number of nitrogens with zero attached hydrogens (tertiary/aromatic N) is 1. The van der Waals surface area contributed by atoms with Crippen molar-refractivity contribution in [2.75, 3.05) is 13.2 Å². The van der Waals surface area contributed by atoms with Crippen LogP contribution in [0.5, 0.6) is 0 Å². The molecule has 0 aliphatic carbocycles. The van der Waals surface area contributed by atoms with Crippen LogP contribution >= 0.6 is 34.8 Å². The van der Waals surface area contributed by atoms with Gasteiger partial charge in [-0.05, 0) is 26.0 Å². The van der Waals surface area contributed by atoms with Gasteiger partial charge >= 0.3 is 0 Å². The molecule has 0 atom stereocenters. The van der Waals surface area contributed by atoms with Crippen molar-refractivity contribution in [2.45, 2.75) is 24.8 Å². The molecule has 0 bridgehead atoms. The van der Waals surface area contributed by atoms with Crippen molar-refractivity contribution in [2.24, 2.45) is 0 Å². The molecular weight excluding hydrogens is 333 g/mol. The molecule has 0 spiro atoms. The smallest absolute Gasteiger partial charge is 0.246 e. The minimum absolute atomic E-state index is 0.0325. The number of sulfonamides is 1. The van der Waals surface area contributed by atoms with Crippen molar-refractivity contribution >= 4 is 44.8 Å². The molecule has 0 unspecified atom stereocenters. The lowest BCUT2D eigenvalue weighted by Crippen LogP contribution is -2.39. The van der Waals surface area contributed by atoms with E-state index in [-0.39, 0.29) is 39.2 Å². The molecule has 1 aromatic carbocycles. The summed E-state index contributed by atoms with van der Waals surface area (Å²) in [5.74, 6) is 0. The standard InChI is InChI=1S/C11H14Cl3NO3S/c1-7(2)15(3-4-16)19(17,18)11-9(13)5-8(12)6-10(11)14/h5-7,16H,3-4H2,1-2H3. The molecule has 0 aliphatic heterocycles. The maximum Gasteiger partial charge on any atom is 0.246 e. The Bertz CT molecular complexity index is 537. The number of aliphatic hydroxyl groups is 1. The average molecular weight is 347 g/mol. The predicted octanol–water partition coefficient (Wildman–Crippen LogP) is 3.04. The highest BCUT2D eigenvalue weighted by atomic mass is 35.5. The fourth-order valence-corrected chi connectivity index (χ4v) is 4.77. The number of hydrogen-bond acceptors (Lipinski definition) is 3. The van der Waals surface area contributed by atoms with Gasteiger partial charge in [0.15, 0.2) is 0 Å². The first-order chi connectivity index (χ1) is 8.71. The van der Waals surface area contributed by atoms with Gasteiger partial charge in [0.05, 0.1) is 16.7 Å². The zero-order valence-corrected chi connectivity index (χ0v) is 13.5. The molecule has 1 rings (SSSR count). The quantitative estimate of drug-likeness (QED) is 0.891. The van der Waals surface area contributed by atoms with E-state index in [1.54, 1.807) is 13.8 Å². The van der Waals surface area contributed by atoms with Gasteiger partial charge in [-0.3, -0.25) is 0 Å². The van der Waals surface area contributed by atoms with Crippen molar-refractivity contribution in [1.29, 1.82) is 0 Å². The third-order valence-electron chi connectivity index (χ3n) is 2.43. The fourth-order valence-electron chi connectivity index (χ4n) is 1.65. The third kappa shape index (κ3) is 3.74. The Morgan fingerprint density at radius 3 is 2.05 bits per heavy atom. The normalized spacial score (nSPS) is 12.4. The number of halogens is 3. The third-order valence-corrected chi connectivity index (χ3v) is 5.64. The minimum Gasteiger partial charge on any atom is -0.395 e. The molecule has 0 saturated carbocycles. The molecule has 0 aliphatic rings. The summed E-state index contributed by atoms with van der Waals surface area (Å²) >= 11 is 17.6. The largest absolute Gasteiger partial charge is 0.395 e. The molecule has 8 heteroatoms. The molecule has 0 aromatic heterocycles. The van der Waals surface area contributed by atoms with Gasteiger partial charge in [0.1, 0.15) is 4.90 Å². The first-order valence-corrected chi connectivity index (χ1v) is 8.06. The van der Waals surface area contributed by atoms with Gasteiger partial charge in [-0.1, -0.05) is 34.8 Å². The maximum atomic E-state index is 12.5. The second kappa shape index (κ2) is 6.61. The monoisotopic (exact) mass is 345 g/mol. The summed E-state index contributed by atoms with van der Waals surface area (Å²) in [4.78, 5) is -0.192. The van der Waals surface area contributed by atoms with E-state index >= 15 is 0 Å². The molecule has 0 amide bonds. The molecule has 0 radical (unpaired) electrons. The van der Waals surface area contributed by atoms with Gasteiger partial charge in [-0.15, -0.1) is 0 Å². The minimum atomic E-state index is -3.89. The Balaban J connectivity index is 3.42. The van der Waals surface area contributed by atoms with Gasteiger partial charge in [0.25, 0.3) is 0 Å². The molecule has 0 saturated heterocycles. The fraction of sp³-hybridized carbons (Fsp3) is 0.455. The maximum absolute atomic E-state index is 12.5. The van der Waals surface area contributed by atoms with Crippen molar-refractivity contribution in [3.63, 3.8) is 0 Å². The van der Waals surface area contributed by atoms with Crippen LogP contribution in [0.25, 0.3) is 0 Å². The van der Waals surface area contributed by atoms with E-state index in [2.05, 4.69) is 0 Å². The van der Waals surface area contributed by atoms with Crippen LogP contribution in [0.1, 0.15) is 13.8 Å². The van der Waals surface area contributed by atoms with Gasteiger partial charge in [0, 0.05) is 17.6 Å². The number of benzene rings is 1. The van der Waals surface area contributed by atoms with Gasteiger partial charge in [-0.2, -0.15) is 4.31 Å². The van der Waals surface area contributed by atoms with Gasteiger partial charge in [0.2, 0.25) is 10.0 Å². The Hall–Kier alpha value is -0.0400. The Morgan fingerprint density at radius 2 is 1.68 bits per heavy atom. The summed E-state index contributed by atoms with van der Waals surface area (Å²) < 4.78 is 26.2. The van der Waals surface area contributed by atoms with E-state index in [1.807, 2.05) is 0 Å². The lowest BCUT2D eigenvalue weighted by atomic mass is 10.4. The SMILES string of the molecule is CC(C)N(CCO)S(=O)(=O)c1c(Cl)cc(Cl)cc1Cl. The van der Waals surface area contributed by atoms with Crippen molar-refractivity contribution < 1.29 is 13.5 Å². The van der Waals surface area contributed by atoms with Crippen molar-refractivity contribution in [3.05, 3.63) is 27.2 Å². The summed E-state index contributed by atoms with van der Waals surface area (Å²) in [5.41, 5.74) is 0. The highest BCUT2D eigenvalue weighted by Gasteiger charge is 2.31. The molecule has 4 nitrogen and oxygen atoms in total. The van der Waals surface area contributed by atoms with Crippen LogP contribution in [0.15, 0.2) is 17.0 Å². The van der Waals surface area contributed by atoms with E-state index in [1.165, 1.54) is 12.1 Å². The number of rotatable bonds is 5. The highest BCUT2D eigenvalue weighted by Crippen LogP contribution is 2.35. The molecule has 19 heavy (non-hydrogen) atoms. The highest BCUT2D eigenvalue weighted by molar-refractivity contribution is 7.89. The lowest BCUT2D eigenvalue weighted by Gasteiger charge is -2.26. The van der Waals surface area contributed by atoms with Crippen molar-refractivity contribution in [3.8, 4) is 0 Å². The summed E-state index contributed by atoms with van der Waals surface area (Å²) in [6, 6.07) is 2.30. The van der Waals surface area contributed by atoms with Crippen LogP contribution < -0.4 is 0 Å². The van der Waals surface area contributed by atoms with E-state index < -0.39 is 10.0 Å².